The first-order valence-electron chi connectivity index (χ1n) is 11.1. The topological polar surface area (TPSA) is 113 Å². The second-order valence-corrected chi connectivity index (χ2v) is 8.46. The zero-order chi connectivity index (χ0) is 23.1. The predicted octanol–water partition coefficient (Wildman–Crippen LogP) is 1.68. The van der Waals surface area contributed by atoms with Gasteiger partial charge in [0.15, 0.2) is 0 Å². The Bertz CT molecular complexity index is 1280. The Balaban J connectivity index is 1.31. The maximum Gasteiger partial charge on any atom is 0.330 e. The predicted molar refractivity (Wildman–Crippen MR) is 122 cm³/mol. The van der Waals surface area contributed by atoms with E-state index in [1.54, 1.807) is 0 Å². The van der Waals surface area contributed by atoms with Gasteiger partial charge in [0.2, 0.25) is 5.91 Å². The van der Waals surface area contributed by atoms with Crippen molar-refractivity contribution in [2.75, 3.05) is 6.54 Å². The van der Waals surface area contributed by atoms with Crippen molar-refractivity contribution in [3.8, 4) is 11.1 Å². The number of fused-ring (bicyclic) bond motifs is 3. The fourth-order valence-electron chi connectivity index (χ4n) is 4.80. The second kappa shape index (κ2) is 8.46. The van der Waals surface area contributed by atoms with E-state index in [-0.39, 0.29) is 18.9 Å². The molecule has 8 heteroatoms. The number of carbonyl (C=O) groups is 1. The van der Waals surface area contributed by atoms with Crippen LogP contribution < -0.4 is 16.6 Å². The highest BCUT2D eigenvalue weighted by Crippen LogP contribution is 2.44. The number of aryl methyl sites for hydroxylation is 1. The monoisotopic (exact) mass is 447 g/mol. The minimum absolute atomic E-state index is 0.107. The van der Waals surface area contributed by atoms with Crippen LogP contribution in [0.15, 0.2) is 64.3 Å². The summed E-state index contributed by atoms with van der Waals surface area (Å²) in [7, 11) is 0. The first kappa shape index (κ1) is 21.4. The molecule has 2 aliphatic rings. The fraction of sp³-hybridized carbons (Fsp3) is 0.320. The Morgan fingerprint density at radius 1 is 1.12 bits per heavy atom. The molecule has 3 aromatic rings. The lowest BCUT2D eigenvalue weighted by Gasteiger charge is -2.19. The minimum atomic E-state index is -0.859. The molecule has 0 bridgehead atoms. The number of nitrogens with zero attached hydrogens (tertiary/aromatic N) is 1. The van der Waals surface area contributed by atoms with Crippen LogP contribution in [0.1, 0.15) is 42.2 Å². The number of aromatic nitrogens is 2. The molecule has 1 aromatic heterocycles. The third-order valence-electron chi connectivity index (χ3n) is 6.51. The molecule has 3 atom stereocenters. The molecule has 1 fully saturated rings. The number of aliphatic hydroxyl groups excluding tert-OH is 1. The molecule has 33 heavy (non-hydrogen) atoms. The van der Waals surface area contributed by atoms with Gasteiger partial charge in [-0.3, -0.25) is 19.1 Å². The molecule has 0 radical (unpaired) electrons. The summed E-state index contributed by atoms with van der Waals surface area (Å²) in [5, 5.41) is 13.5. The van der Waals surface area contributed by atoms with Crippen molar-refractivity contribution in [3.63, 3.8) is 0 Å². The SMILES string of the molecule is CCc1cn([C@@H]2CC(O)[C@H](CNC(=O)C3c4ccccc4-c4ccccc43)O2)c(=O)[nH]c1=O. The molecular weight excluding hydrogens is 422 g/mol. The van der Waals surface area contributed by atoms with Crippen molar-refractivity contribution in [1.82, 2.24) is 14.9 Å². The first-order valence-corrected chi connectivity index (χ1v) is 11.1. The maximum absolute atomic E-state index is 13.2. The number of amides is 1. The van der Waals surface area contributed by atoms with Gasteiger partial charge < -0.3 is 15.2 Å². The Morgan fingerprint density at radius 3 is 2.39 bits per heavy atom. The van der Waals surface area contributed by atoms with Gasteiger partial charge in [0.25, 0.3) is 5.56 Å². The van der Waals surface area contributed by atoms with E-state index in [1.807, 2.05) is 55.5 Å². The molecule has 1 amide bonds. The van der Waals surface area contributed by atoms with E-state index in [0.717, 1.165) is 22.3 Å². The number of rotatable bonds is 5. The zero-order valence-electron chi connectivity index (χ0n) is 18.2. The van der Waals surface area contributed by atoms with Gasteiger partial charge in [-0.15, -0.1) is 0 Å². The third-order valence-corrected chi connectivity index (χ3v) is 6.51. The Kier molecular flexibility index (Phi) is 5.47. The quantitative estimate of drug-likeness (QED) is 0.551. The highest BCUT2D eigenvalue weighted by atomic mass is 16.5. The summed E-state index contributed by atoms with van der Waals surface area (Å²) < 4.78 is 7.21. The number of hydrogen-bond acceptors (Lipinski definition) is 5. The van der Waals surface area contributed by atoms with E-state index in [2.05, 4.69) is 10.3 Å². The van der Waals surface area contributed by atoms with Crippen LogP contribution in [0, 0.1) is 0 Å². The van der Waals surface area contributed by atoms with Crippen LogP contribution in [0.4, 0.5) is 0 Å². The summed E-state index contributed by atoms with van der Waals surface area (Å²) in [4.78, 5) is 39.6. The van der Waals surface area contributed by atoms with Gasteiger partial charge in [-0.2, -0.15) is 0 Å². The van der Waals surface area contributed by atoms with Crippen molar-refractivity contribution < 1.29 is 14.6 Å². The van der Waals surface area contributed by atoms with Gasteiger partial charge in [-0.1, -0.05) is 55.5 Å². The van der Waals surface area contributed by atoms with Gasteiger partial charge in [0.1, 0.15) is 12.3 Å². The summed E-state index contributed by atoms with van der Waals surface area (Å²) in [5.41, 5.74) is 3.46. The van der Waals surface area contributed by atoms with Crippen molar-refractivity contribution in [2.24, 2.45) is 0 Å². The zero-order valence-corrected chi connectivity index (χ0v) is 18.2. The highest BCUT2D eigenvalue weighted by Gasteiger charge is 2.38. The molecule has 2 heterocycles. The Morgan fingerprint density at radius 2 is 1.76 bits per heavy atom. The summed E-state index contributed by atoms with van der Waals surface area (Å²) in [5.74, 6) is -0.596. The molecule has 1 aliphatic carbocycles. The standard InChI is InChI=1S/C25H25N3O5/c1-2-14-13-28(25(32)27-23(14)30)21-11-19(29)20(33-21)12-26-24(31)22-17-9-5-3-7-15(17)16-8-4-6-10-18(16)22/h3-10,13,19-22,29H,2,11-12H2,1H3,(H,26,31)(H,27,30,32)/t19?,20-,21-/m0/s1. The lowest BCUT2D eigenvalue weighted by atomic mass is 9.96. The lowest BCUT2D eigenvalue weighted by Crippen LogP contribution is -2.39. The molecule has 5 rings (SSSR count). The van der Waals surface area contributed by atoms with Crippen LogP contribution in [0.5, 0.6) is 0 Å². The summed E-state index contributed by atoms with van der Waals surface area (Å²) in [6, 6.07) is 15.7. The highest BCUT2D eigenvalue weighted by molar-refractivity contribution is 5.96. The van der Waals surface area contributed by atoms with E-state index in [9.17, 15) is 19.5 Å². The largest absolute Gasteiger partial charge is 0.390 e. The van der Waals surface area contributed by atoms with Crippen LogP contribution in [0.25, 0.3) is 11.1 Å². The average molecular weight is 447 g/mol. The van der Waals surface area contributed by atoms with Crippen molar-refractivity contribution in [2.45, 2.75) is 44.1 Å². The van der Waals surface area contributed by atoms with Gasteiger partial charge in [0, 0.05) is 24.7 Å². The Labute approximate surface area is 189 Å². The number of ether oxygens (including phenoxy) is 1. The van der Waals surface area contributed by atoms with Crippen LogP contribution in [0.3, 0.4) is 0 Å². The van der Waals surface area contributed by atoms with E-state index >= 15 is 0 Å². The number of H-pyrrole nitrogens is 1. The van der Waals surface area contributed by atoms with E-state index < -0.39 is 35.6 Å². The van der Waals surface area contributed by atoms with Crippen molar-refractivity contribution in [3.05, 3.63) is 92.3 Å². The number of nitrogens with one attached hydrogen (secondary N) is 2. The Hall–Kier alpha value is -3.49. The van der Waals surface area contributed by atoms with E-state index in [4.69, 9.17) is 4.74 Å². The molecule has 3 N–H and O–H groups in total. The van der Waals surface area contributed by atoms with Gasteiger partial charge >= 0.3 is 5.69 Å². The minimum Gasteiger partial charge on any atom is -0.390 e. The van der Waals surface area contributed by atoms with E-state index in [0.29, 0.717) is 12.0 Å². The van der Waals surface area contributed by atoms with Crippen LogP contribution in [-0.4, -0.2) is 39.3 Å². The third kappa shape index (κ3) is 3.71. The summed E-state index contributed by atoms with van der Waals surface area (Å²) in [6.07, 6.45) is -0.118. The lowest BCUT2D eigenvalue weighted by molar-refractivity contribution is -0.122. The molecule has 0 spiro atoms. The molecule has 1 saturated heterocycles. The normalized spacial score (nSPS) is 21.6. The molecule has 170 valence electrons. The smallest absolute Gasteiger partial charge is 0.330 e. The van der Waals surface area contributed by atoms with Gasteiger partial charge in [-0.05, 0) is 28.7 Å². The van der Waals surface area contributed by atoms with E-state index in [1.165, 1.54) is 10.8 Å². The van der Waals surface area contributed by atoms with Crippen LogP contribution in [-0.2, 0) is 16.0 Å². The number of aliphatic hydroxyl groups is 1. The number of benzene rings is 2. The summed E-state index contributed by atoms with van der Waals surface area (Å²) in [6.45, 7) is 1.93. The number of aromatic amines is 1. The molecule has 0 saturated carbocycles. The van der Waals surface area contributed by atoms with Gasteiger partial charge in [0.05, 0.1) is 12.0 Å². The molecule has 1 aliphatic heterocycles. The van der Waals surface area contributed by atoms with Crippen molar-refractivity contribution in [1.29, 1.82) is 0 Å². The number of carbonyl (C=O) groups excluding carboxylic acids is 1. The first-order chi connectivity index (χ1) is 16.0. The fourth-order valence-corrected chi connectivity index (χ4v) is 4.80. The van der Waals surface area contributed by atoms with Crippen LogP contribution in [0.2, 0.25) is 0 Å². The average Bonchev–Trinajstić information content (AvgIpc) is 3.35. The van der Waals surface area contributed by atoms with Gasteiger partial charge in [-0.25, -0.2) is 4.79 Å². The summed E-state index contributed by atoms with van der Waals surface area (Å²) >= 11 is 0. The van der Waals surface area contributed by atoms with Crippen LogP contribution >= 0.6 is 0 Å². The molecular formula is C25H25N3O5. The molecule has 8 nitrogen and oxygen atoms in total. The molecule has 1 unspecified atom stereocenters. The number of hydrogen-bond donors (Lipinski definition) is 3. The molecule has 2 aromatic carbocycles. The van der Waals surface area contributed by atoms with Crippen molar-refractivity contribution >= 4 is 5.91 Å². The maximum atomic E-state index is 13.2. The second-order valence-electron chi connectivity index (χ2n) is 8.46.